The Bertz CT molecular complexity index is 455. The second-order valence-corrected chi connectivity index (χ2v) is 6.76. The number of aromatic nitrogens is 3. The normalized spacial score (nSPS) is 24.3. The fourth-order valence-electron chi connectivity index (χ4n) is 3.81. The van der Waals surface area contributed by atoms with E-state index in [9.17, 15) is 4.79 Å². The summed E-state index contributed by atoms with van der Waals surface area (Å²) in [6.45, 7) is 3.67. The van der Waals surface area contributed by atoms with E-state index in [1.807, 2.05) is 0 Å². The van der Waals surface area contributed by atoms with Crippen molar-refractivity contribution in [2.24, 2.45) is 5.92 Å². The molecule has 22 heavy (non-hydrogen) atoms. The third kappa shape index (κ3) is 4.53. The molecule has 1 amide bonds. The highest BCUT2D eigenvalue weighted by Crippen LogP contribution is 2.25. The smallest absolute Gasteiger partial charge is 0.242 e. The second kappa shape index (κ2) is 7.72. The zero-order valence-electron chi connectivity index (χ0n) is 13.3. The van der Waals surface area contributed by atoms with Gasteiger partial charge >= 0.3 is 0 Å². The lowest BCUT2D eigenvalue weighted by atomic mass is 9.88. The van der Waals surface area contributed by atoms with Crippen molar-refractivity contribution in [1.29, 1.82) is 0 Å². The summed E-state index contributed by atoms with van der Waals surface area (Å²) in [4.78, 5) is 18.5. The van der Waals surface area contributed by atoms with E-state index in [4.69, 9.17) is 0 Å². The molecule has 1 saturated carbocycles. The van der Waals surface area contributed by atoms with Crippen LogP contribution in [0.25, 0.3) is 0 Å². The van der Waals surface area contributed by atoms with Crippen LogP contribution in [0.2, 0.25) is 0 Å². The monoisotopic (exact) mass is 305 g/mol. The number of nitrogens with one attached hydrogen (secondary N) is 1. The molecule has 1 aromatic rings. The zero-order valence-corrected chi connectivity index (χ0v) is 13.3. The van der Waals surface area contributed by atoms with Gasteiger partial charge in [-0.2, -0.15) is 5.10 Å². The van der Waals surface area contributed by atoms with Crippen molar-refractivity contribution in [3.05, 3.63) is 12.7 Å². The minimum Gasteiger partial charge on any atom is -0.350 e. The van der Waals surface area contributed by atoms with Crippen molar-refractivity contribution in [2.75, 3.05) is 19.6 Å². The summed E-state index contributed by atoms with van der Waals surface area (Å²) >= 11 is 0. The molecule has 1 atom stereocenters. The molecule has 2 heterocycles. The van der Waals surface area contributed by atoms with Crippen molar-refractivity contribution in [3.8, 4) is 0 Å². The van der Waals surface area contributed by atoms with Crippen molar-refractivity contribution in [1.82, 2.24) is 25.0 Å². The minimum atomic E-state index is 0.0371. The number of rotatable bonds is 5. The highest BCUT2D eigenvalue weighted by atomic mass is 16.2. The number of amides is 1. The maximum absolute atomic E-state index is 12.1. The van der Waals surface area contributed by atoms with Gasteiger partial charge in [0.25, 0.3) is 0 Å². The van der Waals surface area contributed by atoms with E-state index >= 15 is 0 Å². The first-order valence-corrected chi connectivity index (χ1v) is 8.64. The molecule has 1 N–H and O–H groups in total. The van der Waals surface area contributed by atoms with Crippen LogP contribution in [0.1, 0.15) is 44.9 Å². The Kier molecular flexibility index (Phi) is 5.43. The number of carbonyl (C=O) groups excluding carboxylic acids is 1. The van der Waals surface area contributed by atoms with E-state index in [1.54, 1.807) is 11.0 Å². The van der Waals surface area contributed by atoms with Crippen LogP contribution in [-0.2, 0) is 11.3 Å². The van der Waals surface area contributed by atoms with Crippen LogP contribution in [0.4, 0.5) is 0 Å². The lowest BCUT2D eigenvalue weighted by molar-refractivity contribution is -0.123. The largest absolute Gasteiger partial charge is 0.350 e. The van der Waals surface area contributed by atoms with E-state index in [1.165, 1.54) is 57.9 Å². The molecule has 1 aromatic heterocycles. The van der Waals surface area contributed by atoms with Crippen molar-refractivity contribution >= 4 is 5.91 Å². The maximum Gasteiger partial charge on any atom is 0.242 e. The van der Waals surface area contributed by atoms with E-state index in [0.29, 0.717) is 0 Å². The van der Waals surface area contributed by atoms with Gasteiger partial charge in [0.2, 0.25) is 5.91 Å². The van der Waals surface area contributed by atoms with Crippen LogP contribution in [-0.4, -0.2) is 51.2 Å². The van der Waals surface area contributed by atoms with Gasteiger partial charge in [0, 0.05) is 19.1 Å². The first kappa shape index (κ1) is 15.5. The Hall–Kier alpha value is -1.43. The van der Waals surface area contributed by atoms with Crippen molar-refractivity contribution in [3.63, 3.8) is 0 Å². The van der Waals surface area contributed by atoms with E-state index in [2.05, 4.69) is 20.3 Å². The summed E-state index contributed by atoms with van der Waals surface area (Å²) in [6.07, 6.45) is 12.3. The molecular formula is C16H27N5O. The van der Waals surface area contributed by atoms with Crippen molar-refractivity contribution in [2.45, 2.75) is 57.5 Å². The van der Waals surface area contributed by atoms with Crippen LogP contribution < -0.4 is 5.32 Å². The van der Waals surface area contributed by atoms with Gasteiger partial charge in [0.1, 0.15) is 19.2 Å². The Morgan fingerprint density at radius 2 is 2.05 bits per heavy atom. The highest BCUT2D eigenvalue weighted by molar-refractivity contribution is 5.75. The second-order valence-electron chi connectivity index (χ2n) is 6.76. The van der Waals surface area contributed by atoms with Gasteiger partial charge in [-0.3, -0.25) is 4.79 Å². The standard InChI is InChI=1S/C16H27N5O/c22-16(11-21-13-17-12-18-21)19-15-7-4-8-20(10-15)9-14-5-2-1-3-6-14/h12-15H,1-11H2,(H,19,22). The highest BCUT2D eigenvalue weighted by Gasteiger charge is 2.24. The summed E-state index contributed by atoms with van der Waals surface area (Å²) in [7, 11) is 0. The van der Waals surface area contributed by atoms with Gasteiger partial charge in [-0.05, 0) is 38.1 Å². The summed E-state index contributed by atoms with van der Waals surface area (Å²) < 4.78 is 1.57. The lowest BCUT2D eigenvalue weighted by Crippen LogP contribution is -2.49. The Balaban J connectivity index is 1.42. The molecule has 0 aromatic carbocycles. The SMILES string of the molecule is O=C(Cn1cncn1)NC1CCCN(CC2CCCCC2)C1. The van der Waals surface area contributed by atoms with E-state index in [0.717, 1.165) is 18.9 Å². The van der Waals surface area contributed by atoms with Crippen LogP contribution >= 0.6 is 0 Å². The molecule has 6 heteroatoms. The van der Waals surface area contributed by atoms with Crippen LogP contribution in [0.3, 0.4) is 0 Å². The number of hydrogen-bond donors (Lipinski definition) is 1. The number of likely N-dealkylation sites (tertiary alicyclic amines) is 1. The fraction of sp³-hybridized carbons (Fsp3) is 0.812. The van der Waals surface area contributed by atoms with Crippen LogP contribution in [0.5, 0.6) is 0 Å². The predicted octanol–water partition coefficient (Wildman–Crippen LogP) is 1.44. The summed E-state index contributed by atoms with van der Waals surface area (Å²) in [6, 6.07) is 0.286. The van der Waals surface area contributed by atoms with Gasteiger partial charge in [0.05, 0.1) is 0 Å². The summed E-state index contributed by atoms with van der Waals surface area (Å²) in [5, 5.41) is 7.13. The Morgan fingerprint density at radius 1 is 1.18 bits per heavy atom. The summed E-state index contributed by atoms with van der Waals surface area (Å²) in [5.41, 5.74) is 0. The average Bonchev–Trinajstić information content (AvgIpc) is 3.01. The van der Waals surface area contributed by atoms with Gasteiger partial charge < -0.3 is 10.2 Å². The first-order valence-electron chi connectivity index (χ1n) is 8.64. The molecular weight excluding hydrogens is 278 g/mol. The first-order chi connectivity index (χ1) is 10.8. The molecule has 0 bridgehead atoms. The number of piperidine rings is 1. The molecule has 6 nitrogen and oxygen atoms in total. The van der Waals surface area contributed by atoms with E-state index in [-0.39, 0.29) is 18.5 Å². The van der Waals surface area contributed by atoms with Gasteiger partial charge in [-0.15, -0.1) is 0 Å². The number of carbonyl (C=O) groups is 1. The molecule has 1 aliphatic carbocycles. The van der Waals surface area contributed by atoms with Crippen LogP contribution in [0.15, 0.2) is 12.7 Å². The molecule has 2 fully saturated rings. The Morgan fingerprint density at radius 3 is 2.82 bits per heavy atom. The topological polar surface area (TPSA) is 63.1 Å². The molecule has 3 rings (SSSR count). The molecule has 0 radical (unpaired) electrons. The van der Waals surface area contributed by atoms with Gasteiger partial charge in [-0.25, -0.2) is 9.67 Å². The molecule has 1 unspecified atom stereocenters. The maximum atomic E-state index is 12.1. The quantitative estimate of drug-likeness (QED) is 0.894. The Labute approximate surface area is 132 Å². The number of nitrogens with zero attached hydrogens (tertiary/aromatic N) is 4. The van der Waals surface area contributed by atoms with Gasteiger partial charge in [-0.1, -0.05) is 19.3 Å². The lowest BCUT2D eigenvalue weighted by Gasteiger charge is -2.36. The zero-order chi connectivity index (χ0) is 15.2. The molecule has 1 aliphatic heterocycles. The van der Waals surface area contributed by atoms with E-state index < -0.39 is 0 Å². The minimum absolute atomic E-state index is 0.0371. The predicted molar refractivity (Wildman–Crippen MR) is 84.2 cm³/mol. The third-order valence-electron chi connectivity index (χ3n) is 4.88. The van der Waals surface area contributed by atoms with Gasteiger partial charge in [0.15, 0.2) is 0 Å². The fourth-order valence-corrected chi connectivity index (χ4v) is 3.81. The molecule has 122 valence electrons. The molecule has 2 aliphatic rings. The van der Waals surface area contributed by atoms with Crippen LogP contribution in [0, 0.1) is 5.92 Å². The average molecular weight is 305 g/mol. The number of hydrogen-bond acceptors (Lipinski definition) is 4. The molecule has 1 saturated heterocycles. The summed E-state index contributed by atoms with van der Waals surface area (Å²) in [5.74, 6) is 0.911. The van der Waals surface area contributed by atoms with Crippen molar-refractivity contribution < 1.29 is 4.79 Å². The molecule has 0 spiro atoms. The third-order valence-corrected chi connectivity index (χ3v) is 4.88.